The Kier molecular flexibility index (Phi) is 6.45. The van der Waals surface area contributed by atoms with Crippen molar-refractivity contribution in [1.82, 2.24) is 0 Å². The molecule has 0 radical (unpaired) electrons. The fourth-order valence-corrected chi connectivity index (χ4v) is 6.47. The van der Waals surface area contributed by atoms with Crippen LogP contribution in [0.25, 0.3) is 0 Å². The van der Waals surface area contributed by atoms with E-state index in [1.807, 2.05) is 0 Å². The molecule has 0 saturated heterocycles. The van der Waals surface area contributed by atoms with Crippen molar-refractivity contribution >= 4 is 51.6 Å². The third-order valence-electron chi connectivity index (χ3n) is 5.65. The first-order valence-electron chi connectivity index (χ1n) is 10.3. The highest BCUT2D eigenvalue weighted by Crippen LogP contribution is 2.42. The average Bonchev–Trinajstić information content (AvgIpc) is 3.09. The molecule has 0 saturated carbocycles. The lowest BCUT2D eigenvalue weighted by Gasteiger charge is -2.24. The number of methoxy groups -OCH3 is 1. The normalized spacial score (nSPS) is 19.8. The topological polar surface area (TPSA) is 84.5 Å². The van der Waals surface area contributed by atoms with Crippen LogP contribution in [0.2, 0.25) is 0 Å². The molecule has 6 nitrogen and oxygen atoms in total. The van der Waals surface area contributed by atoms with Crippen LogP contribution in [0, 0.1) is 5.92 Å². The molecular weight excluding hydrogens is 477 g/mol. The van der Waals surface area contributed by atoms with Gasteiger partial charge in [0, 0.05) is 16.2 Å². The molecule has 2 aromatic rings. The first kappa shape index (κ1) is 23.6. The van der Waals surface area contributed by atoms with Crippen LogP contribution in [-0.2, 0) is 33.3 Å². The Morgan fingerprint density at radius 2 is 2.06 bits per heavy atom. The molecule has 1 aliphatic heterocycles. The van der Waals surface area contributed by atoms with E-state index in [9.17, 15) is 27.6 Å². The first-order chi connectivity index (χ1) is 15.6. The van der Waals surface area contributed by atoms with E-state index >= 15 is 0 Å². The van der Waals surface area contributed by atoms with Crippen molar-refractivity contribution in [3.05, 3.63) is 39.8 Å². The van der Waals surface area contributed by atoms with E-state index in [0.717, 1.165) is 53.6 Å². The number of nitrogens with one attached hydrogen (secondary N) is 2. The van der Waals surface area contributed by atoms with E-state index in [2.05, 4.69) is 17.6 Å². The maximum Gasteiger partial charge on any atom is 0.416 e. The van der Waals surface area contributed by atoms with Gasteiger partial charge in [0.1, 0.15) is 5.00 Å². The standard InChI is InChI=1S/C22H21F3N2O4S2/c1-10-3-5-12-15(7-10)33-20(18(12)21(30)31-2)27-17(28)9-16-19(29)26-13-8-11(22(23,24)25)4-6-14(13)32-16/h4,6,8,10,16H,3,5,7,9H2,1-2H3,(H,26,29)(H,27,28)/t10-,16+/m0/s1. The van der Waals surface area contributed by atoms with Gasteiger partial charge < -0.3 is 15.4 Å². The number of thioether (sulfide) groups is 1. The van der Waals surface area contributed by atoms with E-state index in [-0.39, 0.29) is 12.1 Å². The van der Waals surface area contributed by atoms with E-state index in [0.29, 0.717) is 21.4 Å². The predicted octanol–water partition coefficient (Wildman–Crippen LogP) is 5.12. The highest BCUT2D eigenvalue weighted by Gasteiger charge is 2.35. The van der Waals surface area contributed by atoms with Gasteiger partial charge in [-0.1, -0.05) is 6.92 Å². The molecule has 4 rings (SSSR count). The Bertz CT molecular complexity index is 1130. The van der Waals surface area contributed by atoms with Crippen LogP contribution in [0.4, 0.5) is 23.9 Å². The summed E-state index contributed by atoms with van der Waals surface area (Å²) in [6.45, 7) is 2.13. The average molecular weight is 499 g/mol. The minimum atomic E-state index is -4.52. The molecule has 1 aliphatic carbocycles. The summed E-state index contributed by atoms with van der Waals surface area (Å²) in [5.74, 6) is -1.05. The van der Waals surface area contributed by atoms with Crippen LogP contribution in [0.1, 0.15) is 46.1 Å². The lowest BCUT2D eigenvalue weighted by atomic mass is 9.88. The molecule has 2 heterocycles. The van der Waals surface area contributed by atoms with Gasteiger partial charge in [0.05, 0.1) is 29.2 Å². The minimum Gasteiger partial charge on any atom is -0.465 e. The maximum absolute atomic E-state index is 12.9. The molecule has 0 spiro atoms. The van der Waals surface area contributed by atoms with Crippen molar-refractivity contribution in [3.63, 3.8) is 0 Å². The summed E-state index contributed by atoms with van der Waals surface area (Å²) in [5.41, 5.74) is 0.483. The van der Waals surface area contributed by atoms with Crippen LogP contribution < -0.4 is 10.6 Å². The van der Waals surface area contributed by atoms with Crippen molar-refractivity contribution in [3.8, 4) is 0 Å². The molecule has 33 heavy (non-hydrogen) atoms. The molecule has 2 N–H and O–H groups in total. The number of carbonyl (C=O) groups excluding carboxylic acids is 3. The predicted molar refractivity (Wildman–Crippen MR) is 120 cm³/mol. The van der Waals surface area contributed by atoms with Crippen LogP contribution >= 0.6 is 23.1 Å². The van der Waals surface area contributed by atoms with Gasteiger partial charge in [-0.2, -0.15) is 13.2 Å². The zero-order valence-corrected chi connectivity index (χ0v) is 19.4. The molecule has 0 unspecified atom stereocenters. The highest BCUT2D eigenvalue weighted by molar-refractivity contribution is 8.01. The Labute approximate surface area is 196 Å². The fraction of sp³-hybridized carbons (Fsp3) is 0.409. The third kappa shape index (κ3) is 4.89. The zero-order valence-electron chi connectivity index (χ0n) is 17.8. The van der Waals surface area contributed by atoms with Crippen LogP contribution in [0.3, 0.4) is 0 Å². The number of ether oxygens (including phenoxy) is 1. The molecule has 0 bridgehead atoms. The smallest absolute Gasteiger partial charge is 0.416 e. The van der Waals surface area contributed by atoms with Crippen molar-refractivity contribution < 1.29 is 32.3 Å². The summed E-state index contributed by atoms with van der Waals surface area (Å²) >= 11 is 2.38. The molecule has 11 heteroatoms. The van der Waals surface area contributed by atoms with Gasteiger partial charge in [-0.05, 0) is 48.9 Å². The summed E-state index contributed by atoms with van der Waals surface area (Å²) < 4.78 is 43.7. The summed E-state index contributed by atoms with van der Waals surface area (Å²) in [6.07, 6.45) is -2.23. The number of esters is 1. The number of fused-ring (bicyclic) bond motifs is 2. The van der Waals surface area contributed by atoms with E-state index in [1.165, 1.54) is 24.5 Å². The van der Waals surface area contributed by atoms with Gasteiger partial charge in [0.25, 0.3) is 0 Å². The van der Waals surface area contributed by atoms with E-state index in [1.54, 1.807) is 0 Å². The Morgan fingerprint density at radius 3 is 2.76 bits per heavy atom. The number of hydrogen-bond acceptors (Lipinski definition) is 6. The summed E-state index contributed by atoms with van der Waals surface area (Å²) in [5, 5.41) is 4.81. The number of rotatable bonds is 4. The Hall–Kier alpha value is -2.53. The monoisotopic (exact) mass is 498 g/mol. The van der Waals surface area contributed by atoms with E-state index < -0.39 is 34.8 Å². The van der Waals surface area contributed by atoms with Gasteiger partial charge in [-0.25, -0.2) is 4.79 Å². The largest absolute Gasteiger partial charge is 0.465 e. The van der Waals surface area contributed by atoms with Crippen molar-refractivity contribution in [2.24, 2.45) is 5.92 Å². The van der Waals surface area contributed by atoms with Crippen molar-refractivity contribution in [1.29, 1.82) is 0 Å². The van der Waals surface area contributed by atoms with Crippen molar-refractivity contribution in [2.75, 3.05) is 17.7 Å². The molecule has 176 valence electrons. The second kappa shape index (κ2) is 9.02. The number of anilines is 2. The molecule has 0 fully saturated rings. The van der Waals surface area contributed by atoms with Gasteiger partial charge in [0.2, 0.25) is 11.8 Å². The molecular formula is C22H21F3N2O4S2. The van der Waals surface area contributed by atoms with Gasteiger partial charge >= 0.3 is 12.1 Å². The number of benzene rings is 1. The lowest BCUT2D eigenvalue weighted by molar-refractivity contribution is -0.137. The number of amides is 2. The summed E-state index contributed by atoms with van der Waals surface area (Å²) in [7, 11) is 1.29. The van der Waals surface area contributed by atoms with Crippen LogP contribution in [-0.4, -0.2) is 30.1 Å². The number of alkyl halides is 3. The quantitative estimate of drug-likeness (QED) is 0.572. The Morgan fingerprint density at radius 1 is 1.30 bits per heavy atom. The van der Waals surface area contributed by atoms with Crippen LogP contribution in [0.15, 0.2) is 23.1 Å². The second-order valence-electron chi connectivity index (χ2n) is 8.10. The second-order valence-corrected chi connectivity index (χ2v) is 10.5. The molecule has 2 atom stereocenters. The van der Waals surface area contributed by atoms with Crippen molar-refractivity contribution in [2.45, 2.75) is 48.9 Å². The highest BCUT2D eigenvalue weighted by atomic mass is 32.2. The number of thiophene rings is 1. The number of carbonyl (C=O) groups is 3. The van der Waals surface area contributed by atoms with Gasteiger partial charge in [-0.15, -0.1) is 23.1 Å². The number of halogens is 3. The Balaban J connectivity index is 1.50. The molecule has 2 amide bonds. The SMILES string of the molecule is COC(=O)c1c(NC(=O)C[C@H]2Sc3ccc(C(F)(F)F)cc3NC2=O)sc2c1CC[C@H](C)C2. The third-order valence-corrected chi connectivity index (χ3v) is 8.10. The fourth-order valence-electron chi connectivity index (χ4n) is 3.96. The lowest BCUT2D eigenvalue weighted by Crippen LogP contribution is -2.32. The molecule has 1 aromatic carbocycles. The van der Waals surface area contributed by atoms with E-state index in [4.69, 9.17) is 4.74 Å². The summed E-state index contributed by atoms with van der Waals surface area (Å²) in [4.78, 5) is 39.1. The zero-order chi connectivity index (χ0) is 23.9. The first-order valence-corrected chi connectivity index (χ1v) is 12.0. The van der Waals surface area contributed by atoms with Gasteiger partial charge in [-0.3, -0.25) is 9.59 Å². The molecule has 2 aliphatic rings. The minimum absolute atomic E-state index is 0.0736. The van der Waals surface area contributed by atoms with Crippen LogP contribution in [0.5, 0.6) is 0 Å². The summed E-state index contributed by atoms with van der Waals surface area (Å²) in [6, 6.07) is 3.12. The number of hydrogen-bond donors (Lipinski definition) is 2. The maximum atomic E-state index is 12.9. The van der Waals surface area contributed by atoms with Gasteiger partial charge in [0.15, 0.2) is 0 Å². The molecule has 1 aromatic heterocycles.